The molecule has 0 spiro atoms. The van der Waals surface area contributed by atoms with Crippen LogP contribution in [-0.4, -0.2) is 15.9 Å². The molecule has 0 aliphatic heterocycles. The number of carbonyl (C=O) groups is 1. The van der Waals surface area contributed by atoms with E-state index in [2.05, 4.69) is 10.5 Å². The number of hydrazone groups is 1. The van der Waals surface area contributed by atoms with Crippen LogP contribution in [-0.2, 0) is 4.79 Å². The lowest BCUT2D eigenvalue weighted by molar-refractivity contribution is -0.125. The van der Waals surface area contributed by atoms with Crippen LogP contribution in [0.4, 0.5) is 0 Å². The van der Waals surface area contributed by atoms with Gasteiger partial charge in [0.15, 0.2) is 0 Å². The van der Waals surface area contributed by atoms with E-state index in [0.29, 0.717) is 0 Å². The predicted octanol–water partition coefficient (Wildman–Crippen LogP) is 3.04. The number of hydrogen-bond acceptors (Lipinski definition) is 2. The van der Waals surface area contributed by atoms with Crippen molar-refractivity contribution in [3.63, 3.8) is 0 Å². The number of hydrogen-bond donors (Lipinski definition) is 1. The van der Waals surface area contributed by atoms with Crippen LogP contribution in [0.2, 0.25) is 0 Å². The fourth-order valence-corrected chi connectivity index (χ4v) is 1.77. The summed E-state index contributed by atoms with van der Waals surface area (Å²) in [7, 11) is 0. The lowest BCUT2D eigenvalue weighted by Crippen LogP contribution is -2.29. The van der Waals surface area contributed by atoms with Crippen molar-refractivity contribution in [2.24, 2.45) is 11.0 Å². The summed E-state index contributed by atoms with van der Waals surface area (Å²) in [6.07, 6.45) is 6.35. The Kier molecular flexibility index (Phi) is 5.16. The smallest absolute Gasteiger partial charge is 0.243 e. The third-order valence-corrected chi connectivity index (χ3v) is 2.65. The molecule has 0 aromatic rings. The predicted molar refractivity (Wildman–Crippen MR) is 63.5 cm³/mol. The zero-order chi connectivity index (χ0) is 11.3. The molecule has 1 rings (SSSR count). The van der Waals surface area contributed by atoms with Gasteiger partial charge in [-0.3, -0.25) is 4.79 Å². The van der Waals surface area contributed by atoms with Crippen LogP contribution in [0, 0.1) is 5.92 Å². The minimum atomic E-state index is -1.56. The normalized spacial score (nSPS) is 19.4. The molecule has 0 atom stereocenters. The first-order valence-electron chi connectivity index (χ1n) is 4.90. The summed E-state index contributed by atoms with van der Waals surface area (Å²) in [4.78, 5) is 11.5. The highest BCUT2D eigenvalue weighted by atomic mass is 35.6. The summed E-state index contributed by atoms with van der Waals surface area (Å²) >= 11 is 16.3. The SMILES string of the molecule is O=C(N/N=C/C(Cl)(Cl)Cl)C1CCCCC1. The summed E-state index contributed by atoms with van der Waals surface area (Å²) in [6.45, 7) is 0. The number of nitrogens with zero attached hydrogens (tertiary/aromatic N) is 1. The molecule has 6 heteroatoms. The van der Waals surface area contributed by atoms with Gasteiger partial charge in [0, 0.05) is 5.92 Å². The average Bonchev–Trinajstić information content (AvgIpc) is 2.17. The Hall–Kier alpha value is 0.01000. The highest BCUT2D eigenvalue weighted by molar-refractivity contribution is 6.74. The summed E-state index contributed by atoms with van der Waals surface area (Å²) in [5.41, 5.74) is 2.39. The third kappa shape index (κ3) is 5.59. The Morgan fingerprint density at radius 3 is 2.40 bits per heavy atom. The van der Waals surface area contributed by atoms with Crippen LogP contribution in [0.25, 0.3) is 0 Å². The van der Waals surface area contributed by atoms with Gasteiger partial charge in [0.25, 0.3) is 0 Å². The molecule has 3 nitrogen and oxygen atoms in total. The molecule has 0 aromatic carbocycles. The van der Waals surface area contributed by atoms with Gasteiger partial charge >= 0.3 is 0 Å². The van der Waals surface area contributed by atoms with Crippen LogP contribution >= 0.6 is 34.8 Å². The Morgan fingerprint density at radius 1 is 1.27 bits per heavy atom. The molecule has 15 heavy (non-hydrogen) atoms. The quantitative estimate of drug-likeness (QED) is 0.468. The maximum Gasteiger partial charge on any atom is 0.243 e. The number of nitrogens with one attached hydrogen (secondary N) is 1. The highest BCUT2D eigenvalue weighted by Crippen LogP contribution is 2.24. The van der Waals surface area contributed by atoms with Crippen LogP contribution in [0.1, 0.15) is 32.1 Å². The molecule has 1 fully saturated rings. The third-order valence-electron chi connectivity index (χ3n) is 2.36. The van der Waals surface area contributed by atoms with E-state index in [1.54, 1.807) is 0 Å². The second kappa shape index (κ2) is 5.92. The van der Waals surface area contributed by atoms with E-state index in [4.69, 9.17) is 34.8 Å². The van der Waals surface area contributed by atoms with Crippen LogP contribution in [0.5, 0.6) is 0 Å². The Labute approximate surface area is 104 Å². The zero-order valence-electron chi connectivity index (χ0n) is 8.18. The molecule has 0 radical (unpaired) electrons. The number of carbonyl (C=O) groups excluding carboxylic acids is 1. The van der Waals surface area contributed by atoms with Crippen molar-refractivity contribution in [1.29, 1.82) is 0 Å². The standard InChI is InChI=1S/C9H13Cl3N2O/c10-9(11,12)6-13-14-8(15)7-4-2-1-3-5-7/h6-7H,1-5H2,(H,14,15)/b13-6+. The van der Waals surface area contributed by atoms with Gasteiger partial charge in [-0.15, -0.1) is 0 Å². The Morgan fingerprint density at radius 2 is 1.87 bits per heavy atom. The topological polar surface area (TPSA) is 41.5 Å². The van der Waals surface area contributed by atoms with Crippen molar-refractivity contribution < 1.29 is 4.79 Å². The fraction of sp³-hybridized carbons (Fsp3) is 0.778. The molecule has 86 valence electrons. The maximum atomic E-state index is 11.5. The van der Waals surface area contributed by atoms with Gasteiger partial charge in [0.1, 0.15) is 0 Å². The number of alkyl halides is 3. The lowest BCUT2D eigenvalue weighted by Gasteiger charge is -2.19. The molecule has 1 N–H and O–H groups in total. The first kappa shape index (κ1) is 13.1. The van der Waals surface area contributed by atoms with Gasteiger partial charge in [-0.2, -0.15) is 5.10 Å². The lowest BCUT2D eigenvalue weighted by atomic mass is 9.89. The first-order valence-corrected chi connectivity index (χ1v) is 6.03. The largest absolute Gasteiger partial charge is 0.273 e. The molecule has 0 unspecified atom stereocenters. The van der Waals surface area contributed by atoms with E-state index >= 15 is 0 Å². The molecule has 1 saturated carbocycles. The Balaban J connectivity index is 2.32. The molecule has 1 amide bonds. The van der Waals surface area contributed by atoms with Crippen molar-refractivity contribution in [2.75, 3.05) is 0 Å². The molecule has 1 aliphatic carbocycles. The van der Waals surface area contributed by atoms with E-state index in [-0.39, 0.29) is 11.8 Å². The van der Waals surface area contributed by atoms with Gasteiger partial charge in [-0.05, 0) is 12.8 Å². The van der Waals surface area contributed by atoms with Gasteiger partial charge in [0.05, 0.1) is 6.21 Å². The van der Waals surface area contributed by atoms with Gasteiger partial charge in [-0.25, -0.2) is 5.43 Å². The first-order chi connectivity index (χ1) is 6.99. The van der Waals surface area contributed by atoms with E-state index in [1.807, 2.05) is 0 Å². The number of amides is 1. The van der Waals surface area contributed by atoms with Crippen molar-refractivity contribution in [3.8, 4) is 0 Å². The van der Waals surface area contributed by atoms with Crippen molar-refractivity contribution >= 4 is 46.9 Å². The fourth-order valence-electron chi connectivity index (χ4n) is 1.63. The average molecular weight is 272 g/mol. The van der Waals surface area contributed by atoms with E-state index in [1.165, 1.54) is 6.42 Å². The monoisotopic (exact) mass is 270 g/mol. The van der Waals surface area contributed by atoms with Crippen LogP contribution < -0.4 is 5.43 Å². The minimum absolute atomic E-state index is 0.0614. The molecule has 0 saturated heterocycles. The van der Waals surface area contributed by atoms with E-state index in [0.717, 1.165) is 31.9 Å². The van der Waals surface area contributed by atoms with Crippen LogP contribution in [0.3, 0.4) is 0 Å². The summed E-state index contributed by atoms with van der Waals surface area (Å²) in [6, 6.07) is 0. The second-order valence-corrected chi connectivity index (χ2v) is 5.98. The molecule has 1 aliphatic rings. The number of rotatable bonds is 2. The molecule has 0 heterocycles. The van der Waals surface area contributed by atoms with Crippen molar-refractivity contribution in [1.82, 2.24) is 5.43 Å². The summed E-state index contributed by atoms with van der Waals surface area (Å²) in [5.74, 6) is -0.0218. The van der Waals surface area contributed by atoms with Gasteiger partial charge in [-0.1, -0.05) is 54.1 Å². The Bertz CT molecular complexity index is 244. The molecule has 0 aromatic heterocycles. The number of halogens is 3. The molecular weight excluding hydrogens is 258 g/mol. The van der Waals surface area contributed by atoms with Crippen molar-refractivity contribution in [2.45, 2.75) is 35.9 Å². The summed E-state index contributed by atoms with van der Waals surface area (Å²) in [5, 5.41) is 3.60. The highest BCUT2D eigenvalue weighted by Gasteiger charge is 2.21. The zero-order valence-corrected chi connectivity index (χ0v) is 10.4. The maximum absolute atomic E-state index is 11.5. The van der Waals surface area contributed by atoms with Crippen molar-refractivity contribution in [3.05, 3.63) is 0 Å². The minimum Gasteiger partial charge on any atom is -0.273 e. The van der Waals surface area contributed by atoms with E-state index < -0.39 is 3.79 Å². The molecule has 0 bridgehead atoms. The van der Waals surface area contributed by atoms with Gasteiger partial charge in [0.2, 0.25) is 9.70 Å². The second-order valence-electron chi connectivity index (χ2n) is 3.61. The van der Waals surface area contributed by atoms with Gasteiger partial charge < -0.3 is 0 Å². The molecular formula is C9H13Cl3N2O. The van der Waals surface area contributed by atoms with Crippen LogP contribution in [0.15, 0.2) is 5.10 Å². The van der Waals surface area contributed by atoms with E-state index in [9.17, 15) is 4.79 Å². The summed E-state index contributed by atoms with van der Waals surface area (Å²) < 4.78 is -1.56.